The lowest BCUT2D eigenvalue weighted by Crippen LogP contribution is -2.78. The maximum atomic E-state index is 13.5. The number of rotatable bonds is 4. The van der Waals surface area contributed by atoms with E-state index in [1.807, 2.05) is 12.1 Å². The second-order valence-corrected chi connectivity index (χ2v) is 11.6. The summed E-state index contributed by atoms with van der Waals surface area (Å²) in [6, 6.07) is 2.50. The summed E-state index contributed by atoms with van der Waals surface area (Å²) in [4.78, 5) is 49.4. The van der Waals surface area contributed by atoms with Gasteiger partial charge < -0.3 is 37.2 Å². The van der Waals surface area contributed by atoms with E-state index in [1.54, 1.807) is 6.07 Å². The van der Waals surface area contributed by atoms with Crippen molar-refractivity contribution in [1.82, 2.24) is 20.4 Å². The molecule has 4 heterocycles. The Morgan fingerprint density at radius 1 is 1.16 bits per heavy atom. The first kappa shape index (κ1) is 24.6. The number of benzene rings is 1. The Balaban J connectivity index is 1.31. The van der Waals surface area contributed by atoms with Gasteiger partial charge in [-0.05, 0) is 35.4 Å². The van der Waals surface area contributed by atoms with Gasteiger partial charge in [-0.1, -0.05) is 26.0 Å². The molecule has 8 N–H and O–H groups in total. The van der Waals surface area contributed by atoms with Gasteiger partial charge in [0.15, 0.2) is 17.6 Å². The quantitative estimate of drug-likeness (QED) is 0.186. The predicted molar refractivity (Wildman–Crippen MR) is 135 cm³/mol. The lowest BCUT2D eigenvalue weighted by molar-refractivity contribution is -0.230. The van der Waals surface area contributed by atoms with Gasteiger partial charge in [-0.15, -0.1) is 0 Å². The van der Waals surface area contributed by atoms with Gasteiger partial charge in [-0.2, -0.15) is 0 Å². The monoisotopic (exact) mass is 524 g/mol. The molecule has 1 spiro atoms. The molecule has 1 aliphatic carbocycles. The minimum atomic E-state index is -2.60. The molecular weight excluding hydrogens is 492 g/mol. The van der Waals surface area contributed by atoms with Gasteiger partial charge in [0.25, 0.3) is 5.91 Å². The van der Waals surface area contributed by atoms with Crippen molar-refractivity contribution in [3.8, 4) is 0 Å². The van der Waals surface area contributed by atoms with Crippen molar-refractivity contribution in [2.75, 3.05) is 13.1 Å². The Labute approximate surface area is 218 Å². The average molecular weight is 525 g/mol. The number of hydrogen-bond donors (Lipinski definition) is 6. The second-order valence-electron chi connectivity index (χ2n) is 11.6. The number of fused-ring (bicyclic) bond motifs is 1. The molecule has 5 aliphatic rings. The van der Waals surface area contributed by atoms with Crippen LogP contribution in [0.4, 0.5) is 0 Å². The highest BCUT2D eigenvalue weighted by atomic mass is 16.5. The van der Waals surface area contributed by atoms with Crippen molar-refractivity contribution in [2.24, 2.45) is 26.9 Å². The van der Waals surface area contributed by atoms with Crippen LogP contribution >= 0.6 is 0 Å². The van der Waals surface area contributed by atoms with Crippen molar-refractivity contribution in [3.63, 3.8) is 0 Å². The number of nitrogens with two attached hydrogens (primary N) is 2. The van der Waals surface area contributed by atoms with Gasteiger partial charge >= 0.3 is 0 Å². The van der Waals surface area contributed by atoms with Crippen LogP contribution in [-0.2, 0) is 22.4 Å². The summed E-state index contributed by atoms with van der Waals surface area (Å²) in [5, 5.41) is 29.0. The molecule has 3 amide bonds. The van der Waals surface area contributed by atoms with Crippen LogP contribution in [-0.4, -0.2) is 92.3 Å². The zero-order valence-electron chi connectivity index (χ0n) is 21.3. The van der Waals surface area contributed by atoms with E-state index >= 15 is 0 Å². The van der Waals surface area contributed by atoms with E-state index in [4.69, 9.17) is 11.5 Å². The third-order valence-corrected chi connectivity index (χ3v) is 8.47. The molecule has 4 aliphatic heterocycles. The molecule has 0 saturated carbocycles. The molecule has 1 aromatic carbocycles. The number of nitrogens with zero attached hydrogens (tertiary/aromatic N) is 4. The number of carbonyl (C=O) groups excluding carboxylic acids is 3. The summed E-state index contributed by atoms with van der Waals surface area (Å²) in [5.74, 6) is -3.83. The van der Waals surface area contributed by atoms with Gasteiger partial charge in [0.1, 0.15) is 12.1 Å². The number of carbonyl (C=O) groups is 3. The summed E-state index contributed by atoms with van der Waals surface area (Å²) >= 11 is 0. The molecular formula is C25H32N8O5. The van der Waals surface area contributed by atoms with E-state index in [1.165, 1.54) is 4.90 Å². The number of aliphatic imine (C=N–C) groups is 2. The van der Waals surface area contributed by atoms with E-state index < -0.39 is 35.5 Å². The third kappa shape index (κ3) is 3.34. The van der Waals surface area contributed by atoms with Crippen LogP contribution in [0.1, 0.15) is 48.2 Å². The molecule has 0 aromatic heterocycles. The van der Waals surface area contributed by atoms with E-state index in [0.717, 1.165) is 28.9 Å². The molecule has 2 fully saturated rings. The van der Waals surface area contributed by atoms with Crippen LogP contribution in [0.3, 0.4) is 0 Å². The van der Waals surface area contributed by atoms with Gasteiger partial charge in [0.2, 0.25) is 17.6 Å². The normalized spacial score (nSPS) is 32.4. The number of nitrogens with one attached hydrogen (secondary N) is 2. The zero-order chi connectivity index (χ0) is 27.2. The fraction of sp³-hybridized carbons (Fsp3) is 0.560. The van der Waals surface area contributed by atoms with Gasteiger partial charge in [-0.25, -0.2) is 9.98 Å². The SMILES string of the molecule is CC1(C)Cc2cccc(C(=O)NC3CN4C(N)=N[C@@H](CN5C(=O)CCC5=O)[C@@H]5N=C(N)NC54C3(O)O)c2C1. The Bertz CT molecular complexity index is 1310. The van der Waals surface area contributed by atoms with Crippen molar-refractivity contribution < 1.29 is 24.6 Å². The fourth-order valence-corrected chi connectivity index (χ4v) is 6.76. The molecule has 13 nitrogen and oxygen atoms in total. The van der Waals surface area contributed by atoms with Gasteiger partial charge in [-0.3, -0.25) is 19.3 Å². The molecule has 202 valence electrons. The molecule has 6 rings (SSSR count). The number of guanidine groups is 2. The highest BCUT2D eigenvalue weighted by Gasteiger charge is 2.73. The number of likely N-dealkylation sites (tertiary alicyclic amines) is 1. The highest BCUT2D eigenvalue weighted by Crippen LogP contribution is 2.45. The minimum Gasteiger partial charge on any atom is -0.370 e. The summed E-state index contributed by atoms with van der Waals surface area (Å²) in [6.45, 7) is 4.08. The maximum absolute atomic E-state index is 13.5. The van der Waals surface area contributed by atoms with Crippen LogP contribution < -0.4 is 22.1 Å². The Morgan fingerprint density at radius 2 is 1.87 bits per heavy atom. The minimum absolute atomic E-state index is 0.0251. The van der Waals surface area contributed by atoms with Crippen molar-refractivity contribution in [1.29, 1.82) is 0 Å². The van der Waals surface area contributed by atoms with E-state index in [-0.39, 0.29) is 55.1 Å². The molecule has 38 heavy (non-hydrogen) atoms. The Morgan fingerprint density at radius 3 is 2.58 bits per heavy atom. The van der Waals surface area contributed by atoms with Crippen LogP contribution in [0.5, 0.6) is 0 Å². The molecule has 1 aromatic rings. The van der Waals surface area contributed by atoms with E-state index in [2.05, 4.69) is 34.5 Å². The Kier molecular flexibility index (Phi) is 5.12. The molecule has 4 atom stereocenters. The molecule has 0 bridgehead atoms. The average Bonchev–Trinajstić information content (AvgIpc) is 3.52. The molecule has 2 saturated heterocycles. The Hall–Kier alpha value is -3.71. The van der Waals surface area contributed by atoms with Crippen LogP contribution in [0.25, 0.3) is 0 Å². The first-order chi connectivity index (χ1) is 17.8. The number of aliphatic hydroxyl groups is 2. The first-order valence-corrected chi connectivity index (χ1v) is 12.8. The van der Waals surface area contributed by atoms with Crippen molar-refractivity contribution in [3.05, 3.63) is 34.9 Å². The molecule has 2 unspecified atom stereocenters. The summed E-state index contributed by atoms with van der Waals surface area (Å²) < 4.78 is 0. The fourth-order valence-electron chi connectivity index (χ4n) is 6.76. The maximum Gasteiger partial charge on any atom is 0.252 e. The lowest BCUT2D eigenvalue weighted by Gasteiger charge is -2.49. The summed E-state index contributed by atoms with van der Waals surface area (Å²) in [5.41, 5.74) is 13.1. The lowest BCUT2D eigenvalue weighted by atomic mass is 9.84. The second kappa shape index (κ2) is 7.90. The first-order valence-electron chi connectivity index (χ1n) is 12.8. The van der Waals surface area contributed by atoms with Crippen molar-refractivity contribution >= 4 is 29.6 Å². The van der Waals surface area contributed by atoms with Crippen LogP contribution in [0.15, 0.2) is 28.2 Å². The summed E-state index contributed by atoms with van der Waals surface area (Å²) in [6.07, 6.45) is 1.80. The largest absolute Gasteiger partial charge is 0.370 e. The topological polar surface area (TPSA) is 199 Å². The van der Waals surface area contributed by atoms with E-state index in [0.29, 0.717) is 5.56 Å². The van der Waals surface area contributed by atoms with Crippen molar-refractivity contribution in [2.45, 2.75) is 69.1 Å². The third-order valence-electron chi connectivity index (χ3n) is 8.47. The highest BCUT2D eigenvalue weighted by molar-refractivity contribution is 6.02. The molecule has 0 radical (unpaired) electrons. The number of hydrogen-bond acceptors (Lipinski definition) is 11. The number of imide groups is 1. The van der Waals surface area contributed by atoms with Crippen LogP contribution in [0, 0.1) is 5.41 Å². The molecule has 13 heteroatoms. The predicted octanol–water partition coefficient (Wildman–Crippen LogP) is -2.26. The summed E-state index contributed by atoms with van der Waals surface area (Å²) in [7, 11) is 0. The number of amides is 3. The smallest absolute Gasteiger partial charge is 0.252 e. The van der Waals surface area contributed by atoms with Gasteiger partial charge in [0, 0.05) is 24.9 Å². The van der Waals surface area contributed by atoms with E-state index in [9.17, 15) is 24.6 Å². The van der Waals surface area contributed by atoms with Crippen LogP contribution in [0.2, 0.25) is 0 Å². The standard InChI is InChI=1S/C25H32N8O5/c1-23(2)8-12-4-3-5-13(14(12)9-23)20(36)29-16-11-33-22(27)28-15(10-32-17(34)6-7-18(32)35)19-24(33,25(16,37)38)31-21(26)30-19/h3-5,15-16,19,37-38H,6-11H2,1-2H3,(H2,27,28)(H,29,36)(H3,26,30,31)/t15-,16?,19-,24?/m0/s1. The van der Waals surface area contributed by atoms with Gasteiger partial charge in [0.05, 0.1) is 12.6 Å². The zero-order valence-corrected chi connectivity index (χ0v) is 21.3.